The van der Waals surface area contributed by atoms with Crippen LogP contribution >= 0.6 is 11.6 Å². The molecule has 204 valence electrons. The van der Waals surface area contributed by atoms with Crippen LogP contribution in [0, 0.1) is 12.8 Å². The Morgan fingerprint density at radius 2 is 1.80 bits per heavy atom. The molecule has 1 aliphatic rings. The van der Waals surface area contributed by atoms with E-state index >= 15 is 0 Å². The summed E-state index contributed by atoms with van der Waals surface area (Å²) in [4.78, 5) is 30.9. The van der Waals surface area contributed by atoms with E-state index in [0.717, 1.165) is 53.7 Å². The van der Waals surface area contributed by atoms with Gasteiger partial charge in [-0.15, -0.1) is 0 Å². The molecule has 1 saturated carbocycles. The molecule has 1 N–H and O–H groups in total. The largest absolute Gasteiger partial charge is 0.349 e. The van der Waals surface area contributed by atoms with Crippen LogP contribution in [0.4, 0.5) is 0 Å². The second-order valence-corrected chi connectivity index (χ2v) is 11.1. The van der Waals surface area contributed by atoms with Crippen molar-refractivity contribution < 1.29 is 4.79 Å². The number of nitrogens with one attached hydrogen (secondary N) is 1. The zero-order valence-electron chi connectivity index (χ0n) is 22.5. The SMILES string of the molecule is Cc1ncc(Cl)cc1C(=O)N[C@H]1CC[C@H](Cn2c(=O)n(-c3cccc(-c4ccn(C)n4)c3)c3ccccc32)CC1. The van der Waals surface area contributed by atoms with Crippen molar-refractivity contribution in [3.63, 3.8) is 0 Å². The van der Waals surface area contributed by atoms with E-state index in [1.54, 1.807) is 21.5 Å². The van der Waals surface area contributed by atoms with Gasteiger partial charge in [-0.25, -0.2) is 4.79 Å². The van der Waals surface area contributed by atoms with E-state index in [0.29, 0.717) is 28.7 Å². The van der Waals surface area contributed by atoms with Crippen LogP contribution in [0.5, 0.6) is 0 Å². The van der Waals surface area contributed by atoms with E-state index in [2.05, 4.69) is 15.4 Å². The number of aryl methyl sites for hydroxylation is 2. The molecule has 1 amide bonds. The van der Waals surface area contributed by atoms with E-state index in [-0.39, 0.29) is 17.6 Å². The number of amides is 1. The van der Waals surface area contributed by atoms with Gasteiger partial charge in [0.2, 0.25) is 0 Å². The Labute approximate surface area is 237 Å². The Hall–Kier alpha value is -4.17. The lowest BCUT2D eigenvalue weighted by Gasteiger charge is -2.29. The number of imidazole rings is 1. The van der Waals surface area contributed by atoms with Crippen LogP contribution in [-0.4, -0.2) is 35.8 Å². The topological polar surface area (TPSA) is 86.7 Å². The average Bonchev–Trinajstić information content (AvgIpc) is 3.52. The summed E-state index contributed by atoms with van der Waals surface area (Å²) in [6.45, 7) is 2.45. The number of fused-ring (bicyclic) bond motifs is 1. The first kappa shape index (κ1) is 26.1. The molecular formula is C31H31ClN6O2. The zero-order chi connectivity index (χ0) is 27.8. The Bertz CT molecular complexity index is 1760. The normalized spacial score (nSPS) is 17.3. The maximum absolute atomic E-state index is 13.9. The van der Waals surface area contributed by atoms with Crippen LogP contribution in [-0.2, 0) is 13.6 Å². The summed E-state index contributed by atoms with van der Waals surface area (Å²) in [7, 11) is 1.89. The fraction of sp³-hybridized carbons (Fsp3) is 0.290. The fourth-order valence-electron chi connectivity index (χ4n) is 5.76. The number of carbonyl (C=O) groups excluding carboxylic acids is 1. The van der Waals surface area contributed by atoms with Crippen molar-refractivity contribution in [1.82, 2.24) is 29.2 Å². The monoisotopic (exact) mass is 554 g/mol. The lowest BCUT2D eigenvalue weighted by atomic mass is 9.85. The van der Waals surface area contributed by atoms with E-state index in [1.807, 2.05) is 79.3 Å². The molecule has 0 bridgehead atoms. The molecule has 6 rings (SSSR count). The van der Waals surface area contributed by atoms with Crippen molar-refractivity contribution >= 4 is 28.5 Å². The van der Waals surface area contributed by atoms with Gasteiger partial charge in [0.05, 0.1) is 38.7 Å². The third kappa shape index (κ3) is 5.07. The van der Waals surface area contributed by atoms with Gasteiger partial charge in [-0.2, -0.15) is 5.10 Å². The number of halogens is 1. The van der Waals surface area contributed by atoms with Gasteiger partial charge < -0.3 is 5.32 Å². The fourth-order valence-corrected chi connectivity index (χ4v) is 5.91. The zero-order valence-corrected chi connectivity index (χ0v) is 23.3. The molecule has 0 aliphatic heterocycles. The molecule has 0 radical (unpaired) electrons. The van der Waals surface area contributed by atoms with E-state index in [1.165, 1.54) is 0 Å². The van der Waals surface area contributed by atoms with Crippen LogP contribution < -0.4 is 11.0 Å². The summed E-state index contributed by atoms with van der Waals surface area (Å²) in [5.41, 5.74) is 5.60. The predicted molar refractivity (Wildman–Crippen MR) is 157 cm³/mol. The molecule has 0 unspecified atom stereocenters. The van der Waals surface area contributed by atoms with Gasteiger partial charge in [0.25, 0.3) is 5.91 Å². The number of hydrogen-bond acceptors (Lipinski definition) is 4. The van der Waals surface area contributed by atoms with Gasteiger partial charge in [0.15, 0.2) is 0 Å². The van der Waals surface area contributed by atoms with Gasteiger partial charge in [-0.3, -0.25) is 23.6 Å². The predicted octanol–water partition coefficient (Wildman–Crippen LogP) is 5.54. The van der Waals surface area contributed by atoms with E-state index < -0.39 is 0 Å². The number of carbonyl (C=O) groups is 1. The number of nitrogens with zero attached hydrogens (tertiary/aromatic N) is 5. The van der Waals surface area contributed by atoms with Crippen molar-refractivity contribution in [2.45, 2.75) is 45.2 Å². The van der Waals surface area contributed by atoms with Crippen LogP contribution in [0.3, 0.4) is 0 Å². The number of pyridine rings is 1. The molecule has 1 fully saturated rings. The average molecular weight is 555 g/mol. The Balaban J connectivity index is 1.20. The van der Waals surface area contributed by atoms with Crippen LogP contribution in [0.25, 0.3) is 28.0 Å². The van der Waals surface area contributed by atoms with Gasteiger partial charge in [0, 0.05) is 37.6 Å². The van der Waals surface area contributed by atoms with Crippen LogP contribution in [0.2, 0.25) is 5.02 Å². The summed E-state index contributed by atoms with van der Waals surface area (Å²) in [5, 5.41) is 8.13. The summed E-state index contributed by atoms with van der Waals surface area (Å²) in [6.07, 6.45) is 7.05. The molecular weight excluding hydrogens is 524 g/mol. The maximum atomic E-state index is 13.9. The first-order valence-corrected chi connectivity index (χ1v) is 14.0. The molecule has 8 nitrogen and oxygen atoms in total. The Kier molecular flexibility index (Phi) is 7.02. The molecule has 0 atom stereocenters. The highest BCUT2D eigenvalue weighted by atomic mass is 35.5. The number of para-hydroxylation sites is 2. The minimum atomic E-state index is -0.136. The molecule has 3 aromatic heterocycles. The molecule has 5 aromatic rings. The van der Waals surface area contributed by atoms with Crippen LogP contribution in [0.1, 0.15) is 41.7 Å². The van der Waals surface area contributed by atoms with Crippen molar-refractivity contribution in [2.24, 2.45) is 13.0 Å². The lowest BCUT2D eigenvalue weighted by molar-refractivity contribution is 0.0919. The highest BCUT2D eigenvalue weighted by molar-refractivity contribution is 6.30. The molecule has 1 aliphatic carbocycles. The van der Waals surface area contributed by atoms with E-state index in [9.17, 15) is 9.59 Å². The second kappa shape index (κ2) is 10.8. The quantitative estimate of drug-likeness (QED) is 0.299. The lowest BCUT2D eigenvalue weighted by Crippen LogP contribution is -2.39. The smallest absolute Gasteiger partial charge is 0.333 e. The molecule has 0 spiro atoms. The van der Waals surface area contributed by atoms with Crippen molar-refractivity contribution in [3.05, 3.63) is 99.8 Å². The Morgan fingerprint density at radius 1 is 1.02 bits per heavy atom. The number of rotatable bonds is 6. The minimum Gasteiger partial charge on any atom is -0.349 e. The van der Waals surface area contributed by atoms with Gasteiger partial charge in [-0.1, -0.05) is 35.9 Å². The summed E-state index contributed by atoms with van der Waals surface area (Å²) >= 11 is 6.06. The highest BCUT2D eigenvalue weighted by Crippen LogP contribution is 2.28. The third-order valence-corrected chi connectivity index (χ3v) is 8.08. The summed E-state index contributed by atoms with van der Waals surface area (Å²) in [6, 6.07) is 19.7. The molecule has 0 saturated heterocycles. The number of hydrogen-bond donors (Lipinski definition) is 1. The molecule has 9 heteroatoms. The minimum absolute atomic E-state index is 0.0428. The maximum Gasteiger partial charge on any atom is 0.333 e. The van der Waals surface area contributed by atoms with Gasteiger partial charge >= 0.3 is 5.69 Å². The third-order valence-electron chi connectivity index (χ3n) is 7.87. The molecule has 40 heavy (non-hydrogen) atoms. The summed E-state index contributed by atoms with van der Waals surface area (Å²) < 4.78 is 5.48. The van der Waals surface area contributed by atoms with Gasteiger partial charge in [0.1, 0.15) is 0 Å². The van der Waals surface area contributed by atoms with Crippen molar-refractivity contribution in [3.8, 4) is 16.9 Å². The van der Waals surface area contributed by atoms with Gasteiger partial charge in [-0.05, 0) is 74.9 Å². The van der Waals surface area contributed by atoms with Crippen LogP contribution in [0.15, 0.2) is 77.9 Å². The summed E-state index contributed by atoms with van der Waals surface area (Å²) in [5.74, 6) is 0.211. The van der Waals surface area contributed by atoms with Crippen molar-refractivity contribution in [1.29, 1.82) is 0 Å². The highest BCUT2D eigenvalue weighted by Gasteiger charge is 2.26. The number of benzene rings is 2. The van der Waals surface area contributed by atoms with Crippen molar-refractivity contribution in [2.75, 3.05) is 0 Å². The first-order valence-electron chi connectivity index (χ1n) is 13.6. The second-order valence-electron chi connectivity index (χ2n) is 10.6. The van der Waals surface area contributed by atoms with E-state index in [4.69, 9.17) is 11.6 Å². The Morgan fingerprint density at radius 3 is 2.55 bits per heavy atom. The molecule has 3 heterocycles. The molecule has 2 aromatic carbocycles. The first-order chi connectivity index (χ1) is 19.4. The number of aromatic nitrogens is 5. The standard InChI is InChI=1S/C31H31ClN6O2/c1-20-26(17-23(32)18-33-20)30(39)34-24-12-10-21(11-13-24)19-37-28-8-3-4-9-29(28)38(31(37)40)25-7-5-6-22(16-25)27-14-15-36(2)35-27/h3-9,14-18,21,24H,10-13,19H2,1-2H3,(H,34,39)/t21-,24-.